The van der Waals surface area contributed by atoms with Gasteiger partial charge < -0.3 is 14.2 Å². The van der Waals surface area contributed by atoms with Crippen LogP contribution in [0.25, 0.3) is 0 Å². The van der Waals surface area contributed by atoms with Crippen LogP contribution in [0.1, 0.15) is 36.0 Å². The molecule has 0 bridgehead atoms. The summed E-state index contributed by atoms with van der Waals surface area (Å²) >= 11 is 6.09. The number of hydrogen-bond donors (Lipinski definition) is 0. The number of piperidine rings is 1. The van der Waals surface area contributed by atoms with Crippen molar-refractivity contribution in [3.63, 3.8) is 0 Å². The first-order valence-electron chi connectivity index (χ1n) is 6.49. The highest BCUT2D eigenvalue weighted by molar-refractivity contribution is 6.20. The largest absolute Gasteiger partial charge is 0.377 e. The Balaban J connectivity index is 1.93. The van der Waals surface area contributed by atoms with Crippen LogP contribution in [0, 0.1) is 5.92 Å². The molecule has 106 valence electrons. The van der Waals surface area contributed by atoms with Crippen LogP contribution < -0.4 is 0 Å². The molecule has 2 rings (SSSR count). The molecule has 1 aromatic heterocycles. The summed E-state index contributed by atoms with van der Waals surface area (Å²) in [5.41, 5.74) is 0.351. The van der Waals surface area contributed by atoms with Gasteiger partial charge in [-0.1, -0.05) is 5.16 Å². The zero-order valence-electron chi connectivity index (χ0n) is 11.3. The van der Waals surface area contributed by atoms with Gasteiger partial charge in [0.25, 0.3) is 5.91 Å². The number of likely N-dealkylation sites (tertiary alicyclic amines) is 1. The molecular weight excluding hydrogens is 268 g/mol. The first-order valence-corrected chi connectivity index (χ1v) is 6.93. The molecule has 2 heterocycles. The van der Waals surface area contributed by atoms with E-state index in [1.165, 1.54) is 0 Å². The van der Waals surface area contributed by atoms with Crippen molar-refractivity contribution >= 4 is 17.5 Å². The maximum absolute atomic E-state index is 12.2. The van der Waals surface area contributed by atoms with E-state index in [1.807, 2.05) is 11.8 Å². The van der Waals surface area contributed by atoms with E-state index in [-0.39, 0.29) is 11.3 Å². The van der Waals surface area contributed by atoms with Gasteiger partial charge in [-0.15, -0.1) is 11.6 Å². The number of ether oxygens (including phenoxy) is 1. The lowest BCUT2D eigenvalue weighted by atomic mass is 9.94. The third-order valence-corrected chi connectivity index (χ3v) is 3.90. The fourth-order valence-corrected chi connectivity index (χ4v) is 2.60. The van der Waals surface area contributed by atoms with Crippen molar-refractivity contribution in [3.05, 3.63) is 17.5 Å². The van der Waals surface area contributed by atoms with E-state index in [2.05, 4.69) is 5.16 Å². The van der Waals surface area contributed by atoms with Crippen LogP contribution in [-0.2, 0) is 11.3 Å². The Morgan fingerprint density at radius 1 is 1.63 bits per heavy atom. The second kappa shape index (κ2) is 6.39. The summed E-state index contributed by atoms with van der Waals surface area (Å²) in [4.78, 5) is 14.0. The minimum absolute atomic E-state index is 0.0771. The number of methoxy groups -OCH3 is 1. The lowest BCUT2D eigenvalue weighted by Crippen LogP contribution is -2.40. The highest BCUT2D eigenvalue weighted by atomic mass is 35.5. The van der Waals surface area contributed by atoms with Gasteiger partial charge in [-0.2, -0.15) is 0 Å². The molecule has 1 fully saturated rings. The average molecular weight is 287 g/mol. The van der Waals surface area contributed by atoms with Crippen LogP contribution in [0.3, 0.4) is 0 Å². The van der Waals surface area contributed by atoms with E-state index >= 15 is 0 Å². The smallest absolute Gasteiger partial charge is 0.276 e. The second-order valence-electron chi connectivity index (χ2n) is 4.92. The van der Waals surface area contributed by atoms with Gasteiger partial charge in [0.1, 0.15) is 6.61 Å². The molecule has 1 aromatic rings. The standard InChI is InChI=1S/C13H19ClN2O3/c1-9(14)10-3-5-16(6-4-10)13(17)12-7-11(8-18-2)19-15-12/h7,9-10H,3-6,8H2,1-2H3. The Kier molecular flexibility index (Phi) is 4.82. The molecule has 0 aliphatic carbocycles. The van der Waals surface area contributed by atoms with Gasteiger partial charge >= 0.3 is 0 Å². The van der Waals surface area contributed by atoms with Crippen molar-refractivity contribution < 1.29 is 14.1 Å². The number of carbonyl (C=O) groups is 1. The predicted octanol–water partition coefficient (Wildman–Crippen LogP) is 2.30. The number of rotatable bonds is 4. The summed E-state index contributed by atoms with van der Waals surface area (Å²) in [6.07, 6.45) is 1.89. The first-order chi connectivity index (χ1) is 9.11. The number of nitrogens with zero attached hydrogens (tertiary/aromatic N) is 2. The van der Waals surface area contributed by atoms with E-state index in [4.69, 9.17) is 20.9 Å². The lowest BCUT2D eigenvalue weighted by molar-refractivity contribution is 0.0679. The molecule has 1 amide bonds. The molecule has 19 heavy (non-hydrogen) atoms. The van der Waals surface area contributed by atoms with Crippen LogP contribution in [-0.4, -0.2) is 41.5 Å². The molecule has 6 heteroatoms. The van der Waals surface area contributed by atoms with Crippen molar-refractivity contribution in [1.29, 1.82) is 0 Å². The number of amides is 1. The quantitative estimate of drug-likeness (QED) is 0.797. The number of alkyl halides is 1. The minimum Gasteiger partial charge on any atom is -0.377 e. The molecule has 5 nitrogen and oxygen atoms in total. The van der Waals surface area contributed by atoms with Crippen LogP contribution in [0.5, 0.6) is 0 Å². The van der Waals surface area contributed by atoms with Gasteiger partial charge in [0.05, 0.1) is 0 Å². The predicted molar refractivity (Wildman–Crippen MR) is 71.2 cm³/mol. The van der Waals surface area contributed by atoms with Crippen molar-refractivity contribution in [2.24, 2.45) is 5.92 Å². The Hall–Kier alpha value is -1.07. The Labute approximate surface area is 117 Å². The van der Waals surface area contributed by atoms with Gasteiger partial charge in [-0.3, -0.25) is 4.79 Å². The number of halogens is 1. The summed E-state index contributed by atoms with van der Waals surface area (Å²) in [5, 5.41) is 3.96. The van der Waals surface area contributed by atoms with E-state index < -0.39 is 0 Å². The van der Waals surface area contributed by atoms with Crippen LogP contribution in [0.2, 0.25) is 0 Å². The maximum Gasteiger partial charge on any atom is 0.276 e. The molecule has 1 aliphatic rings. The Morgan fingerprint density at radius 3 is 2.89 bits per heavy atom. The highest BCUT2D eigenvalue weighted by Gasteiger charge is 2.27. The fourth-order valence-electron chi connectivity index (χ4n) is 2.35. The number of carbonyl (C=O) groups excluding carboxylic acids is 1. The fraction of sp³-hybridized carbons (Fsp3) is 0.692. The highest BCUT2D eigenvalue weighted by Crippen LogP contribution is 2.24. The van der Waals surface area contributed by atoms with Gasteiger partial charge in [0.15, 0.2) is 11.5 Å². The van der Waals surface area contributed by atoms with Gasteiger partial charge in [0.2, 0.25) is 0 Å². The minimum atomic E-state index is -0.0771. The third kappa shape index (κ3) is 3.48. The molecule has 1 atom stereocenters. The van der Waals surface area contributed by atoms with Gasteiger partial charge in [-0.05, 0) is 25.7 Å². The van der Waals surface area contributed by atoms with Crippen LogP contribution in [0.4, 0.5) is 0 Å². The van der Waals surface area contributed by atoms with E-state index in [0.717, 1.165) is 25.9 Å². The summed E-state index contributed by atoms with van der Waals surface area (Å²) < 4.78 is 9.97. The molecule has 0 saturated carbocycles. The summed E-state index contributed by atoms with van der Waals surface area (Å²) in [6, 6.07) is 1.64. The zero-order valence-corrected chi connectivity index (χ0v) is 12.0. The molecule has 0 aromatic carbocycles. The summed E-state index contributed by atoms with van der Waals surface area (Å²) in [6.45, 7) is 3.80. The van der Waals surface area contributed by atoms with Gasteiger partial charge in [0, 0.05) is 31.6 Å². The lowest BCUT2D eigenvalue weighted by Gasteiger charge is -2.32. The summed E-state index contributed by atoms with van der Waals surface area (Å²) in [7, 11) is 1.57. The Morgan fingerprint density at radius 2 is 2.32 bits per heavy atom. The zero-order chi connectivity index (χ0) is 13.8. The van der Waals surface area contributed by atoms with Crippen molar-refractivity contribution in [2.45, 2.75) is 31.7 Å². The van der Waals surface area contributed by atoms with Crippen molar-refractivity contribution in [3.8, 4) is 0 Å². The summed E-state index contributed by atoms with van der Waals surface area (Å²) in [5.74, 6) is 0.981. The molecular formula is C13H19ClN2O3. The van der Waals surface area contributed by atoms with Gasteiger partial charge in [-0.25, -0.2) is 0 Å². The monoisotopic (exact) mass is 286 g/mol. The molecule has 1 unspecified atom stereocenters. The molecule has 0 N–H and O–H groups in total. The SMILES string of the molecule is COCc1cc(C(=O)N2CCC(C(C)Cl)CC2)no1. The molecule has 0 radical (unpaired) electrons. The van der Waals surface area contributed by atoms with Crippen molar-refractivity contribution in [1.82, 2.24) is 10.1 Å². The second-order valence-corrected chi connectivity index (χ2v) is 5.61. The van der Waals surface area contributed by atoms with Crippen molar-refractivity contribution in [2.75, 3.05) is 20.2 Å². The number of hydrogen-bond acceptors (Lipinski definition) is 4. The molecule has 1 aliphatic heterocycles. The topological polar surface area (TPSA) is 55.6 Å². The number of aromatic nitrogens is 1. The molecule has 1 saturated heterocycles. The average Bonchev–Trinajstić information content (AvgIpc) is 2.87. The molecule has 0 spiro atoms. The Bertz CT molecular complexity index is 425. The maximum atomic E-state index is 12.2. The third-order valence-electron chi connectivity index (χ3n) is 3.54. The van der Waals surface area contributed by atoms with E-state index in [0.29, 0.717) is 24.0 Å². The first kappa shape index (κ1) is 14.3. The van der Waals surface area contributed by atoms with Crippen LogP contribution in [0.15, 0.2) is 10.6 Å². The van der Waals surface area contributed by atoms with E-state index in [9.17, 15) is 4.79 Å². The van der Waals surface area contributed by atoms with E-state index in [1.54, 1.807) is 13.2 Å². The van der Waals surface area contributed by atoms with Crippen LogP contribution >= 0.6 is 11.6 Å². The normalized spacial score (nSPS) is 18.6.